The number of allylic oxidation sites excluding steroid dienone is 3. The minimum Gasteiger partial charge on any atom is -0.266 e. The van der Waals surface area contributed by atoms with E-state index in [0.29, 0.717) is 0 Å². The number of nitrogens with zero attached hydrogens (tertiary/aromatic N) is 1. The highest BCUT2D eigenvalue weighted by molar-refractivity contribution is 5.55. The zero-order chi connectivity index (χ0) is 10.3. The molecule has 0 spiro atoms. The third-order valence-corrected chi connectivity index (χ3v) is 2.23. The maximum absolute atomic E-state index is 4.25. The smallest absolute Gasteiger partial charge is 0.0400 e. The Morgan fingerprint density at radius 1 is 1.38 bits per heavy atom. The third kappa shape index (κ3) is 4.66. The van der Waals surface area contributed by atoms with Gasteiger partial charge < -0.3 is 0 Å². The highest BCUT2D eigenvalue weighted by Gasteiger charge is 1.99. The van der Waals surface area contributed by atoms with Crippen LogP contribution in [-0.2, 0) is 0 Å². The van der Waals surface area contributed by atoms with E-state index in [1.807, 2.05) is 20.1 Å². The van der Waals surface area contributed by atoms with E-state index in [4.69, 9.17) is 0 Å². The van der Waals surface area contributed by atoms with Gasteiger partial charge in [-0.1, -0.05) is 25.5 Å². The lowest BCUT2D eigenvalue weighted by Gasteiger charge is -2.06. The summed E-state index contributed by atoms with van der Waals surface area (Å²) in [6, 6.07) is 0. The molecule has 13 heavy (non-hydrogen) atoms. The van der Waals surface area contributed by atoms with Gasteiger partial charge in [0, 0.05) is 11.9 Å². The van der Waals surface area contributed by atoms with E-state index in [2.05, 4.69) is 25.4 Å². The predicted molar refractivity (Wildman–Crippen MR) is 61.2 cm³/mol. The summed E-state index contributed by atoms with van der Waals surface area (Å²) in [5.74, 6) is 0. The Labute approximate surface area is 82.3 Å². The van der Waals surface area contributed by atoms with Gasteiger partial charge in [0.05, 0.1) is 0 Å². The first-order valence-corrected chi connectivity index (χ1v) is 4.97. The van der Waals surface area contributed by atoms with Crippen LogP contribution in [0.15, 0.2) is 28.4 Å². The Morgan fingerprint density at radius 3 is 2.46 bits per heavy atom. The lowest BCUT2D eigenvalue weighted by molar-refractivity contribution is 0.791. The molecule has 0 amide bonds. The summed E-state index contributed by atoms with van der Waals surface area (Å²) in [5, 5.41) is 0. The zero-order valence-electron chi connectivity index (χ0n) is 9.35. The van der Waals surface area contributed by atoms with Gasteiger partial charge in [0.25, 0.3) is 0 Å². The highest BCUT2D eigenvalue weighted by Crippen LogP contribution is 2.18. The van der Waals surface area contributed by atoms with E-state index in [9.17, 15) is 0 Å². The molecule has 0 N–H and O–H groups in total. The van der Waals surface area contributed by atoms with Crippen LogP contribution in [0.1, 0.15) is 47.0 Å². The van der Waals surface area contributed by atoms with Gasteiger partial charge in [-0.05, 0) is 39.2 Å². The van der Waals surface area contributed by atoms with Gasteiger partial charge in [-0.2, -0.15) is 0 Å². The summed E-state index contributed by atoms with van der Waals surface area (Å²) in [4.78, 5) is 4.25. The normalized spacial score (nSPS) is 13.2. The number of aliphatic imine (C=N–C) groups is 1. The average Bonchev–Trinajstić information content (AvgIpc) is 2.13. The van der Waals surface area contributed by atoms with Gasteiger partial charge in [-0.25, -0.2) is 0 Å². The summed E-state index contributed by atoms with van der Waals surface area (Å²) in [7, 11) is 0. The molecule has 0 unspecified atom stereocenters. The second-order valence-corrected chi connectivity index (χ2v) is 3.30. The minimum atomic E-state index is 1.09. The van der Waals surface area contributed by atoms with Crippen LogP contribution in [0, 0.1) is 0 Å². The van der Waals surface area contributed by atoms with Gasteiger partial charge in [0.2, 0.25) is 0 Å². The Balaban J connectivity index is 4.30. The third-order valence-electron chi connectivity index (χ3n) is 2.23. The van der Waals surface area contributed by atoms with Crippen molar-refractivity contribution in [3.8, 4) is 0 Å². The van der Waals surface area contributed by atoms with E-state index in [1.165, 1.54) is 24.0 Å². The molecule has 0 aliphatic heterocycles. The molecule has 0 atom stereocenters. The highest BCUT2D eigenvalue weighted by atomic mass is 14.7. The molecular formula is C12H21N. The van der Waals surface area contributed by atoms with Crippen LogP contribution in [0.3, 0.4) is 0 Å². The summed E-state index contributed by atoms with van der Waals surface area (Å²) >= 11 is 0. The Morgan fingerprint density at radius 2 is 2.00 bits per heavy atom. The van der Waals surface area contributed by atoms with Gasteiger partial charge in [0.15, 0.2) is 0 Å². The summed E-state index contributed by atoms with van der Waals surface area (Å²) in [5.41, 5.74) is 3.56. The van der Waals surface area contributed by atoms with E-state index < -0.39 is 0 Å². The van der Waals surface area contributed by atoms with E-state index >= 15 is 0 Å². The minimum absolute atomic E-state index is 1.09. The largest absolute Gasteiger partial charge is 0.266 e. The lowest BCUT2D eigenvalue weighted by atomic mass is 10.0. The van der Waals surface area contributed by atoms with Crippen LogP contribution in [0.5, 0.6) is 0 Å². The van der Waals surface area contributed by atoms with Crippen LogP contribution in [0.2, 0.25) is 0 Å². The average molecular weight is 179 g/mol. The summed E-state index contributed by atoms with van der Waals surface area (Å²) in [6.45, 7) is 12.3. The van der Waals surface area contributed by atoms with Crippen LogP contribution < -0.4 is 0 Å². The monoisotopic (exact) mass is 179 g/mol. The van der Waals surface area contributed by atoms with E-state index in [-0.39, 0.29) is 0 Å². The molecule has 0 heterocycles. The SMILES string of the molecule is C=C(CCCC)/C(C)=C(/C)N=CC. The quantitative estimate of drug-likeness (QED) is 0.445. The van der Waals surface area contributed by atoms with Crippen molar-refractivity contribution in [2.75, 3.05) is 0 Å². The molecule has 0 aromatic rings. The zero-order valence-corrected chi connectivity index (χ0v) is 9.35. The Hall–Kier alpha value is -0.850. The molecule has 0 bridgehead atoms. The maximum Gasteiger partial charge on any atom is 0.0400 e. The molecule has 0 fully saturated rings. The van der Waals surface area contributed by atoms with Crippen molar-refractivity contribution in [1.29, 1.82) is 0 Å². The van der Waals surface area contributed by atoms with Crippen molar-refractivity contribution >= 4 is 6.21 Å². The van der Waals surface area contributed by atoms with Crippen molar-refractivity contribution in [3.63, 3.8) is 0 Å². The van der Waals surface area contributed by atoms with Crippen molar-refractivity contribution < 1.29 is 0 Å². The molecule has 0 radical (unpaired) electrons. The summed E-state index contributed by atoms with van der Waals surface area (Å²) in [6.07, 6.45) is 5.37. The van der Waals surface area contributed by atoms with Crippen molar-refractivity contribution in [1.82, 2.24) is 0 Å². The van der Waals surface area contributed by atoms with Crippen molar-refractivity contribution in [3.05, 3.63) is 23.4 Å². The molecule has 0 saturated heterocycles. The molecule has 74 valence electrons. The maximum atomic E-state index is 4.25. The molecule has 0 saturated carbocycles. The number of unbranched alkanes of at least 4 members (excludes halogenated alkanes) is 1. The number of rotatable bonds is 5. The standard InChI is InChI=1S/C12H21N/c1-6-8-9-10(3)11(4)12(5)13-7-2/h7H,3,6,8-9H2,1-2,4-5H3/b12-11-,13-7?. The van der Waals surface area contributed by atoms with Crippen LogP contribution >= 0.6 is 0 Å². The van der Waals surface area contributed by atoms with Crippen LogP contribution in [-0.4, -0.2) is 6.21 Å². The molecule has 1 nitrogen and oxygen atoms in total. The molecule has 1 heteroatoms. The molecular weight excluding hydrogens is 158 g/mol. The fraction of sp³-hybridized carbons (Fsp3) is 0.583. The fourth-order valence-corrected chi connectivity index (χ4v) is 1.12. The van der Waals surface area contributed by atoms with Gasteiger partial charge in [0.1, 0.15) is 0 Å². The van der Waals surface area contributed by atoms with Gasteiger partial charge in [-0.3, -0.25) is 4.99 Å². The predicted octanol–water partition coefficient (Wildman–Crippen LogP) is 4.12. The molecule has 0 aliphatic carbocycles. The second-order valence-electron chi connectivity index (χ2n) is 3.30. The lowest BCUT2D eigenvalue weighted by Crippen LogP contribution is -1.88. The van der Waals surface area contributed by atoms with Gasteiger partial charge in [-0.15, -0.1) is 0 Å². The first kappa shape index (κ1) is 12.2. The second kappa shape index (κ2) is 6.64. The van der Waals surface area contributed by atoms with Gasteiger partial charge >= 0.3 is 0 Å². The topological polar surface area (TPSA) is 12.4 Å². The molecule has 0 rings (SSSR count). The van der Waals surface area contributed by atoms with Crippen LogP contribution in [0.25, 0.3) is 0 Å². The number of hydrogen-bond donors (Lipinski definition) is 0. The van der Waals surface area contributed by atoms with Crippen molar-refractivity contribution in [2.24, 2.45) is 4.99 Å². The molecule has 0 aromatic carbocycles. The molecule has 0 aliphatic rings. The van der Waals surface area contributed by atoms with E-state index in [0.717, 1.165) is 12.1 Å². The summed E-state index contributed by atoms with van der Waals surface area (Å²) < 4.78 is 0. The first-order valence-electron chi connectivity index (χ1n) is 4.97. The van der Waals surface area contributed by atoms with E-state index in [1.54, 1.807) is 0 Å². The molecule has 0 aromatic heterocycles. The first-order chi connectivity index (χ1) is 6.13. The number of hydrogen-bond acceptors (Lipinski definition) is 1. The Kier molecular flexibility index (Phi) is 6.21. The Bertz CT molecular complexity index is 221. The van der Waals surface area contributed by atoms with Crippen LogP contribution in [0.4, 0.5) is 0 Å². The fourth-order valence-electron chi connectivity index (χ4n) is 1.12. The van der Waals surface area contributed by atoms with Crippen molar-refractivity contribution in [2.45, 2.75) is 47.0 Å².